The molecule has 1 unspecified atom stereocenters. The van der Waals surface area contributed by atoms with Crippen LogP contribution in [-0.4, -0.2) is 53.4 Å². The minimum absolute atomic E-state index is 0.138. The van der Waals surface area contributed by atoms with Crippen molar-refractivity contribution in [3.05, 3.63) is 22.8 Å². The van der Waals surface area contributed by atoms with Crippen LogP contribution < -0.4 is 5.73 Å². The highest BCUT2D eigenvalue weighted by atomic mass is 35.5. The molecule has 104 valence electrons. The van der Waals surface area contributed by atoms with Crippen LogP contribution in [0.5, 0.6) is 0 Å². The summed E-state index contributed by atoms with van der Waals surface area (Å²) in [6.07, 6.45) is 0.951. The van der Waals surface area contributed by atoms with Crippen molar-refractivity contribution in [3.8, 4) is 0 Å². The molecule has 1 amide bonds. The van der Waals surface area contributed by atoms with E-state index >= 15 is 0 Å². The van der Waals surface area contributed by atoms with E-state index in [4.69, 9.17) is 17.3 Å². The number of hydrogen-bond acceptors (Lipinski definition) is 4. The third kappa shape index (κ3) is 3.16. The molecule has 1 saturated heterocycles. The normalized spacial score (nSPS) is 21.2. The van der Waals surface area contributed by atoms with Crippen LogP contribution >= 0.6 is 11.6 Å². The van der Waals surface area contributed by atoms with E-state index in [2.05, 4.69) is 16.9 Å². The van der Waals surface area contributed by atoms with Crippen LogP contribution in [-0.2, 0) is 0 Å². The van der Waals surface area contributed by atoms with Gasteiger partial charge in [-0.15, -0.1) is 0 Å². The zero-order valence-electron chi connectivity index (χ0n) is 11.3. The first kappa shape index (κ1) is 14.1. The van der Waals surface area contributed by atoms with Crippen molar-refractivity contribution in [2.45, 2.75) is 19.4 Å². The highest BCUT2D eigenvalue weighted by Gasteiger charge is 2.27. The van der Waals surface area contributed by atoms with E-state index in [1.54, 1.807) is 12.1 Å². The minimum Gasteiger partial charge on any atom is -0.384 e. The smallest absolute Gasteiger partial charge is 0.274 e. The third-order valence-electron chi connectivity index (χ3n) is 3.38. The maximum Gasteiger partial charge on any atom is 0.274 e. The van der Waals surface area contributed by atoms with Gasteiger partial charge in [-0.1, -0.05) is 11.6 Å². The molecule has 1 aromatic heterocycles. The third-order valence-corrected chi connectivity index (χ3v) is 3.68. The molecule has 1 atom stereocenters. The number of hydrogen-bond donors (Lipinski definition) is 1. The maximum absolute atomic E-state index is 12.5. The van der Waals surface area contributed by atoms with Crippen molar-refractivity contribution >= 4 is 23.3 Å². The van der Waals surface area contributed by atoms with E-state index in [0.717, 1.165) is 26.1 Å². The molecule has 1 aliphatic rings. The SMILES string of the molecule is CC1CN(C)CCCN1C(=O)c1nc(N)ccc1Cl. The van der Waals surface area contributed by atoms with Crippen molar-refractivity contribution < 1.29 is 4.79 Å². The molecule has 0 radical (unpaired) electrons. The van der Waals surface area contributed by atoms with Gasteiger partial charge in [0.05, 0.1) is 5.02 Å². The lowest BCUT2D eigenvalue weighted by molar-refractivity contribution is 0.0691. The number of nitrogen functional groups attached to an aromatic ring is 1. The fourth-order valence-corrected chi connectivity index (χ4v) is 2.60. The quantitative estimate of drug-likeness (QED) is 0.848. The number of pyridine rings is 1. The van der Waals surface area contributed by atoms with E-state index in [0.29, 0.717) is 10.8 Å². The molecule has 2 rings (SSSR count). The average Bonchev–Trinajstić information content (AvgIpc) is 2.52. The van der Waals surface area contributed by atoms with Gasteiger partial charge in [-0.2, -0.15) is 0 Å². The van der Waals surface area contributed by atoms with E-state index in [1.807, 2.05) is 11.8 Å². The molecule has 2 N–H and O–H groups in total. The molecule has 0 saturated carbocycles. The molecule has 0 aliphatic carbocycles. The lowest BCUT2D eigenvalue weighted by atomic mass is 10.2. The van der Waals surface area contributed by atoms with E-state index in [9.17, 15) is 4.79 Å². The van der Waals surface area contributed by atoms with Gasteiger partial charge < -0.3 is 15.5 Å². The Morgan fingerprint density at radius 1 is 1.47 bits per heavy atom. The molecular weight excluding hydrogens is 264 g/mol. The summed E-state index contributed by atoms with van der Waals surface area (Å²) in [6.45, 7) is 4.61. The molecule has 0 aromatic carbocycles. The van der Waals surface area contributed by atoms with Crippen LogP contribution in [0.4, 0.5) is 5.82 Å². The number of amides is 1. The second-order valence-corrected chi connectivity index (χ2v) is 5.44. The molecule has 1 aliphatic heterocycles. The second kappa shape index (κ2) is 5.75. The van der Waals surface area contributed by atoms with Crippen molar-refractivity contribution in [2.75, 3.05) is 32.4 Å². The number of nitrogens with zero attached hydrogens (tertiary/aromatic N) is 3. The Labute approximate surface area is 118 Å². The number of anilines is 1. The van der Waals surface area contributed by atoms with Gasteiger partial charge in [-0.05, 0) is 39.1 Å². The number of rotatable bonds is 1. The van der Waals surface area contributed by atoms with Gasteiger partial charge in [0.25, 0.3) is 5.91 Å². The van der Waals surface area contributed by atoms with Crippen LogP contribution in [0.15, 0.2) is 12.1 Å². The highest BCUT2D eigenvalue weighted by molar-refractivity contribution is 6.33. The van der Waals surface area contributed by atoms with E-state index in [-0.39, 0.29) is 17.6 Å². The van der Waals surface area contributed by atoms with Crippen LogP contribution in [0, 0.1) is 0 Å². The summed E-state index contributed by atoms with van der Waals surface area (Å²) < 4.78 is 0. The molecule has 2 heterocycles. The largest absolute Gasteiger partial charge is 0.384 e. The van der Waals surface area contributed by atoms with Gasteiger partial charge in [0.1, 0.15) is 11.5 Å². The first-order valence-electron chi connectivity index (χ1n) is 6.40. The standard InChI is InChI=1S/C13H19ClN4O/c1-9-8-17(2)6-3-7-18(9)13(19)12-10(14)4-5-11(15)16-12/h4-5,9H,3,6-8H2,1-2H3,(H2,15,16). The number of nitrogens with two attached hydrogens (primary N) is 1. The average molecular weight is 283 g/mol. The molecule has 19 heavy (non-hydrogen) atoms. The van der Waals surface area contributed by atoms with E-state index in [1.165, 1.54) is 0 Å². The van der Waals surface area contributed by atoms with Gasteiger partial charge in [0.2, 0.25) is 0 Å². The van der Waals surface area contributed by atoms with Crippen LogP contribution in [0.25, 0.3) is 0 Å². The highest BCUT2D eigenvalue weighted by Crippen LogP contribution is 2.19. The summed E-state index contributed by atoms with van der Waals surface area (Å²) in [7, 11) is 2.07. The maximum atomic E-state index is 12.5. The van der Waals surface area contributed by atoms with Gasteiger partial charge in [0.15, 0.2) is 0 Å². The fourth-order valence-electron chi connectivity index (χ4n) is 2.42. The van der Waals surface area contributed by atoms with Crippen LogP contribution in [0.1, 0.15) is 23.8 Å². The Balaban J connectivity index is 2.25. The zero-order valence-corrected chi connectivity index (χ0v) is 12.0. The molecule has 6 heteroatoms. The molecule has 5 nitrogen and oxygen atoms in total. The van der Waals surface area contributed by atoms with Crippen LogP contribution in [0.3, 0.4) is 0 Å². The van der Waals surface area contributed by atoms with E-state index < -0.39 is 0 Å². The Kier molecular flexibility index (Phi) is 4.27. The summed E-state index contributed by atoms with van der Waals surface area (Å²) in [5.74, 6) is 0.174. The van der Waals surface area contributed by atoms with Crippen molar-refractivity contribution in [3.63, 3.8) is 0 Å². The molecule has 0 bridgehead atoms. The molecule has 1 fully saturated rings. The predicted molar refractivity (Wildman–Crippen MR) is 76.3 cm³/mol. The Morgan fingerprint density at radius 2 is 2.21 bits per heavy atom. The van der Waals surface area contributed by atoms with Gasteiger partial charge in [-0.25, -0.2) is 4.98 Å². The fraction of sp³-hybridized carbons (Fsp3) is 0.538. The van der Waals surface area contributed by atoms with Crippen molar-refractivity contribution in [1.29, 1.82) is 0 Å². The Bertz CT molecular complexity index is 480. The number of carbonyl (C=O) groups excluding carboxylic acids is 1. The number of carbonyl (C=O) groups is 1. The first-order valence-corrected chi connectivity index (χ1v) is 6.78. The summed E-state index contributed by atoms with van der Waals surface area (Å²) in [6, 6.07) is 3.35. The number of aromatic nitrogens is 1. The van der Waals surface area contributed by atoms with Crippen LogP contribution in [0.2, 0.25) is 5.02 Å². The van der Waals surface area contributed by atoms with Gasteiger partial charge in [-0.3, -0.25) is 4.79 Å². The van der Waals surface area contributed by atoms with Crippen molar-refractivity contribution in [1.82, 2.24) is 14.8 Å². The number of halogens is 1. The Morgan fingerprint density at radius 3 is 2.95 bits per heavy atom. The van der Waals surface area contributed by atoms with Gasteiger partial charge in [0, 0.05) is 19.1 Å². The van der Waals surface area contributed by atoms with Gasteiger partial charge >= 0.3 is 0 Å². The van der Waals surface area contributed by atoms with Crippen molar-refractivity contribution in [2.24, 2.45) is 0 Å². The zero-order chi connectivity index (χ0) is 14.0. The Hall–Kier alpha value is -1.33. The molecule has 1 aromatic rings. The monoisotopic (exact) mass is 282 g/mol. The molecular formula is C13H19ClN4O. The summed E-state index contributed by atoms with van der Waals surface area (Å²) in [5, 5.41) is 0.351. The predicted octanol–water partition coefficient (Wildman–Crippen LogP) is 1.48. The topological polar surface area (TPSA) is 62.5 Å². The summed E-state index contributed by atoms with van der Waals surface area (Å²) in [5.41, 5.74) is 5.88. The lowest BCUT2D eigenvalue weighted by Crippen LogP contribution is -2.42. The summed E-state index contributed by atoms with van der Waals surface area (Å²) in [4.78, 5) is 20.7. The summed E-state index contributed by atoms with van der Waals surface area (Å²) >= 11 is 6.05. The number of likely N-dealkylation sites (N-methyl/N-ethyl adjacent to an activating group) is 1. The molecule has 0 spiro atoms. The lowest BCUT2D eigenvalue weighted by Gasteiger charge is -2.28. The second-order valence-electron chi connectivity index (χ2n) is 5.03. The first-order chi connectivity index (χ1) is 8.99. The minimum atomic E-state index is -0.139.